The molecule has 2 N–H and O–H groups in total. The summed E-state index contributed by atoms with van der Waals surface area (Å²) < 4.78 is 5.19. The number of amides is 1. The maximum atomic E-state index is 11.7. The number of hydrogen-bond acceptors (Lipinski definition) is 3. The smallest absolute Gasteiger partial charge is 0.407 e. The second kappa shape index (κ2) is 6.18. The quantitative estimate of drug-likeness (QED) is 0.907. The van der Waals surface area contributed by atoms with Crippen molar-refractivity contribution in [3.05, 3.63) is 41.2 Å². The summed E-state index contributed by atoms with van der Waals surface area (Å²) in [4.78, 5) is 11.7. The molecule has 5 nitrogen and oxygen atoms in total. The van der Waals surface area contributed by atoms with E-state index in [1.54, 1.807) is 18.5 Å². The molecule has 2 aromatic rings. The fourth-order valence-electron chi connectivity index (χ4n) is 1.78. The first-order chi connectivity index (χ1) is 9.85. The second-order valence-electron chi connectivity index (χ2n) is 5.65. The first-order valence-corrected chi connectivity index (χ1v) is 6.97. The van der Waals surface area contributed by atoms with E-state index in [2.05, 4.69) is 15.5 Å². The maximum absolute atomic E-state index is 11.7. The highest BCUT2D eigenvalue weighted by Gasteiger charge is 2.16. The zero-order chi connectivity index (χ0) is 15.5. The normalized spacial score (nSPS) is 11.2. The number of rotatable bonds is 3. The van der Waals surface area contributed by atoms with Crippen molar-refractivity contribution < 1.29 is 9.53 Å². The monoisotopic (exact) mass is 307 g/mol. The number of ether oxygens (including phenoxy) is 1. The third-order valence-corrected chi connectivity index (χ3v) is 3.07. The molecule has 6 heteroatoms. The van der Waals surface area contributed by atoms with Crippen LogP contribution in [-0.2, 0) is 11.3 Å². The van der Waals surface area contributed by atoms with Gasteiger partial charge in [-0.05, 0) is 44.0 Å². The number of halogens is 1. The van der Waals surface area contributed by atoms with Crippen LogP contribution in [0.3, 0.4) is 0 Å². The van der Waals surface area contributed by atoms with Gasteiger partial charge in [-0.3, -0.25) is 5.10 Å². The number of benzene rings is 1. The van der Waals surface area contributed by atoms with Gasteiger partial charge in [-0.15, -0.1) is 0 Å². The molecule has 0 fully saturated rings. The summed E-state index contributed by atoms with van der Waals surface area (Å²) in [6.45, 7) is 5.76. The number of aromatic nitrogens is 2. The molecule has 1 heterocycles. The van der Waals surface area contributed by atoms with Crippen molar-refractivity contribution in [3.8, 4) is 11.1 Å². The van der Waals surface area contributed by atoms with Gasteiger partial charge in [-0.1, -0.05) is 17.7 Å². The summed E-state index contributed by atoms with van der Waals surface area (Å²) in [5, 5.41) is 9.98. The summed E-state index contributed by atoms with van der Waals surface area (Å²) in [6.07, 6.45) is 3.06. The Bertz CT molecular complexity index is 618. The van der Waals surface area contributed by atoms with Gasteiger partial charge in [0.15, 0.2) is 0 Å². The number of nitrogens with zero attached hydrogens (tertiary/aromatic N) is 1. The van der Waals surface area contributed by atoms with Crippen molar-refractivity contribution in [2.75, 3.05) is 0 Å². The van der Waals surface area contributed by atoms with E-state index in [1.165, 1.54) is 0 Å². The van der Waals surface area contributed by atoms with Crippen LogP contribution in [0.4, 0.5) is 4.79 Å². The third-order valence-electron chi connectivity index (χ3n) is 2.70. The molecule has 112 valence electrons. The topological polar surface area (TPSA) is 67.0 Å². The molecule has 0 aliphatic rings. The molecule has 0 unspecified atom stereocenters. The van der Waals surface area contributed by atoms with E-state index in [1.807, 2.05) is 32.9 Å². The summed E-state index contributed by atoms with van der Waals surface area (Å²) in [6, 6.07) is 5.63. The molecule has 1 aromatic heterocycles. The Balaban J connectivity index is 2.06. The Hall–Kier alpha value is -2.01. The summed E-state index contributed by atoms with van der Waals surface area (Å²) in [7, 11) is 0. The van der Waals surface area contributed by atoms with Crippen molar-refractivity contribution in [2.24, 2.45) is 0 Å². The molecule has 1 aromatic carbocycles. The van der Waals surface area contributed by atoms with Gasteiger partial charge in [0.1, 0.15) is 5.60 Å². The van der Waals surface area contributed by atoms with Crippen molar-refractivity contribution in [1.82, 2.24) is 15.5 Å². The van der Waals surface area contributed by atoms with Crippen LogP contribution in [0.1, 0.15) is 26.3 Å². The van der Waals surface area contributed by atoms with Gasteiger partial charge in [0.25, 0.3) is 0 Å². The van der Waals surface area contributed by atoms with Gasteiger partial charge in [0.05, 0.1) is 6.20 Å². The number of carbonyl (C=O) groups excluding carboxylic acids is 1. The lowest BCUT2D eigenvalue weighted by molar-refractivity contribution is 0.0523. The third kappa shape index (κ3) is 4.49. The summed E-state index contributed by atoms with van der Waals surface area (Å²) in [5.41, 5.74) is 2.24. The van der Waals surface area contributed by atoms with Crippen LogP contribution in [0.5, 0.6) is 0 Å². The van der Waals surface area contributed by atoms with Crippen LogP contribution in [0.15, 0.2) is 30.6 Å². The lowest BCUT2D eigenvalue weighted by Gasteiger charge is -2.19. The van der Waals surface area contributed by atoms with Gasteiger partial charge in [0.2, 0.25) is 0 Å². The molecule has 0 bridgehead atoms. The first kappa shape index (κ1) is 15.4. The predicted octanol–water partition coefficient (Wildman–Crippen LogP) is 3.75. The van der Waals surface area contributed by atoms with Crippen molar-refractivity contribution in [2.45, 2.75) is 32.9 Å². The molecule has 0 aliphatic heterocycles. The zero-order valence-electron chi connectivity index (χ0n) is 12.2. The lowest BCUT2D eigenvalue weighted by atomic mass is 10.1. The van der Waals surface area contributed by atoms with Crippen molar-refractivity contribution >= 4 is 17.7 Å². The molecular weight excluding hydrogens is 290 g/mol. The molecular formula is C15H18ClN3O2. The Labute approximate surface area is 128 Å². The van der Waals surface area contributed by atoms with Crippen LogP contribution in [0.2, 0.25) is 5.02 Å². The van der Waals surface area contributed by atoms with Gasteiger partial charge in [-0.2, -0.15) is 5.10 Å². The minimum absolute atomic E-state index is 0.305. The van der Waals surface area contributed by atoms with E-state index in [9.17, 15) is 4.79 Å². The van der Waals surface area contributed by atoms with E-state index >= 15 is 0 Å². The molecule has 21 heavy (non-hydrogen) atoms. The van der Waals surface area contributed by atoms with Crippen LogP contribution in [-0.4, -0.2) is 21.9 Å². The summed E-state index contributed by atoms with van der Waals surface area (Å²) in [5.74, 6) is 0. The molecule has 0 aliphatic carbocycles. The zero-order valence-corrected chi connectivity index (χ0v) is 13.0. The minimum Gasteiger partial charge on any atom is -0.444 e. The number of nitrogens with one attached hydrogen (secondary N) is 2. The fraction of sp³-hybridized carbons (Fsp3) is 0.333. The first-order valence-electron chi connectivity index (χ1n) is 6.59. The van der Waals surface area contributed by atoms with Gasteiger partial charge < -0.3 is 10.1 Å². The largest absolute Gasteiger partial charge is 0.444 e. The van der Waals surface area contributed by atoms with Crippen LogP contribution in [0.25, 0.3) is 11.1 Å². The standard InChI is InChI=1S/C15H18ClN3O2/c1-15(2,3)21-14(20)17-7-11-6-10(4-5-13(11)16)12-8-18-19-9-12/h4-6,8-9H,7H2,1-3H3,(H,17,20)(H,18,19). The Morgan fingerprint density at radius 3 is 2.76 bits per heavy atom. The fourth-order valence-corrected chi connectivity index (χ4v) is 1.96. The highest BCUT2D eigenvalue weighted by molar-refractivity contribution is 6.31. The predicted molar refractivity (Wildman–Crippen MR) is 82.1 cm³/mol. The molecule has 0 saturated carbocycles. The highest BCUT2D eigenvalue weighted by atomic mass is 35.5. The molecule has 0 saturated heterocycles. The lowest BCUT2D eigenvalue weighted by Crippen LogP contribution is -2.32. The van der Waals surface area contributed by atoms with Crippen molar-refractivity contribution in [3.63, 3.8) is 0 Å². The molecule has 0 atom stereocenters. The Kier molecular flexibility index (Phi) is 4.53. The SMILES string of the molecule is CC(C)(C)OC(=O)NCc1cc(-c2cn[nH]c2)ccc1Cl. The Morgan fingerprint density at radius 1 is 1.38 bits per heavy atom. The van der Waals surface area contributed by atoms with Gasteiger partial charge >= 0.3 is 6.09 Å². The average molecular weight is 308 g/mol. The van der Waals surface area contributed by atoms with Gasteiger partial charge in [0, 0.05) is 23.3 Å². The molecule has 0 radical (unpaired) electrons. The molecule has 0 spiro atoms. The highest BCUT2D eigenvalue weighted by Crippen LogP contribution is 2.24. The molecule has 1 amide bonds. The number of hydrogen-bond donors (Lipinski definition) is 2. The maximum Gasteiger partial charge on any atom is 0.407 e. The van der Waals surface area contributed by atoms with E-state index in [4.69, 9.17) is 16.3 Å². The van der Waals surface area contributed by atoms with E-state index in [-0.39, 0.29) is 0 Å². The van der Waals surface area contributed by atoms with Gasteiger partial charge in [-0.25, -0.2) is 4.79 Å². The van der Waals surface area contributed by atoms with E-state index < -0.39 is 11.7 Å². The van der Waals surface area contributed by atoms with Crippen molar-refractivity contribution in [1.29, 1.82) is 0 Å². The minimum atomic E-state index is -0.521. The van der Waals surface area contributed by atoms with Crippen LogP contribution >= 0.6 is 11.6 Å². The Morgan fingerprint density at radius 2 is 2.14 bits per heavy atom. The van der Waals surface area contributed by atoms with E-state index in [0.29, 0.717) is 11.6 Å². The van der Waals surface area contributed by atoms with Crippen LogP contribution < -0.4 is 5.32 Å². The molecule has 2 rings (SSSR count). The number of carbonyl (C=O) groups is 1. The van der Waals surface area contributed by atoms with E-state index in [0.717, 1.165) is 16.7 Å². The number of alkyl carbamates (subject to hydrolysis) is 1. The average Bonchev–Trinajstić information content (AvgIpc) is 2.89. The summed E-state index contributed by atoms with van der Waals surface area (Å²) >= 11 is 6.16. The number of H-pyrrole nitrogens is 1. The number of aromatic amines is 1. The van der Waals surface area contributed by atoms with Crippen LogP contribution in [0, 0.1) is 0 Å². The second-order valence-corrected chi connectivity index (χ2v) is 6.06.